The summed E-state index contributed by atoms with van der Waals surface area (Å²) in [5.41, 5.74) is 5.30. The molecule has 2 N–H and O–H groups in total. The lowest BCUT2D eigenvalue weighted by Crippen LogP contribution is -2.31. The minimum atomic E-state index is -4.36. The molecule has 1 aliphatic heterocycles. The van der Waals surface area contributed by atoms with Crippen LogP contribution < -0.4 is 5.73 Å². The average Bonchev–Trinajstić information content (AvgIpc) is 2.79. The van der Waals surface area contributed by atoms with Crippen LogP contribution in [-0.2, 0) is 12.7 Å². The van der Waals surface area contributed by atoms with E-state index in [2.05, 4.69) is 9.80 Å². The maximum Gasteiger partial charge on any atom is 0.416 e. The highest BCUT2D eigenvalue weighted by molar-refractivity contribution is 5.46. The van der Waals surface area contributed by atoms with E-state index in [4.69, 9.17) is 5.73 Å². The van der Waals surface area contributed by atoms with Crippen molar-refractivity contribution in [2.75, 3.05) is 32.9 Å². The van der Waals surface area contributed by atoms with Crippen LogP contribution in [-0.4, -0.2) is 43.0 Å². The zero-order valence-electron chi connectivity index (χ0n) is 11.7. The zero-order valence-corrected chi connectivity index (χ0v) is 11.7. The molecule has 1 aromatic rings. The third-order valence-corrected chi connectivity index (χ3v) is 3.81. The summed E-state index contributed by atoms with van der Waals surface area (Å²) in [7, 11) is 4.00. The van der Waals surface area contributed by atoms with E-state index in [-0.39, 0.29) is 5.69 Å². The van der Waals surface area contributed by atoms with Crippen molar-refractivity contribution in [1.29, 1.82) is 0 Å². The molecule has 1 unspecified atom stereocenters. The molecule has 1 aliphatic rings. The van der Waals surface area contributed by atoms with Gasteiger partial charge in [-0.25, -0.2) is 0 Å². The van der Waals surface area contributed by atoms with Gasteiger partial charge in [-0.2, -0.15) is 13.2 Å². The lowest BCUT2D eigenvalue weighted by molar-refractivity contribution is -0.138. The van der Waals surface area contributed by atoms with Crippen LogP contribution in [0.25, 0.3) is 0 Å². The summed E-state index contributed by atoms with van der Waals surface area (Å²) in [4.78, 5) is 4.18. The molecule has 0 aromatic heterocycles. The van der Waals surface area contributed by atoms with Crippen LogP contribution in [0.2, 0.25) is 0 Å². The van der Waals surface area contributed by atoms with Crippen molar-refractivity contribution < 1.29 is 13.2 Å². The molecule has 1 heterocycles. The van der Waals surface area contributed by atoms with Gasteiger partial charge in [0, 0.05) is 31.4 Å². The first-order valence-corrected chi connectivity index (χ1v) is 6.62. The fourth-order valence-electron chi connectivity index (χ4n) is 2.61. The van der Waals surface area contributed by atoms with Gasteiger partial charge in [-0.05, 0) is 38.2 Å². The Morgan fingerprint density at radius 3 is 2.60 bits per heavy atom. The molecule has 1 atom stereocenters. The monoisotopic (exact) mass is 287 g/mol. The van der Waals surface area contributed by atoms with Gasteiger partial charge in [0.05, 0.1) is 5.56 Å². The summed E-state index contributed by atoms with van der Waals surface area (Å²) in [5, 5.41) is 0. The second-order valence-corrected chi connectivity index (χ2v) is 5.56. The van der Waals surface area contributed by atoms with Gasteiger partial charge in [0.1, 0.15) is 0 Å². The van der Waals surface area contributed by atoms with Crippen LogP contribution in [0.3, 0.4) is 0 Å². The van der Waals surface area contributed by atoms with Crippen molar-refractivity contribution in [2.24, 2.45) is 0 Å². The third kappa shape index (κ3) is 3.43. The summed E-state index contributed by atoms with van der Waals surface area (Å²) in [5.74, 6) is 0. The molecule has 0 saturated carbocycles. The Hall–Kier alpha value is -1.27. The number of alkyl halides is 3. The molecule has 1 fully saturated rings. The van der Waals surface area contributed by atoms with Crippen LogP contribution >= 0.6 is 0 Å². The minimum absolute atomic E-state index is 0.147. The highest BCUT2D eigenvalue weighted by Crippen LogP contribution is 2.34. The summed E-state index contributed by atoms with van der Waals surface area (Å²) in [6, 6.07) is 4.46. The third-order valence-electron chi connectivity index (χ3n) is 3.81. The number of nitrogens with two attached hydrogens (primary N) is 1. The number of nitrogens with zero attached hydrogens (tertiary/aromatic N) is 2. The number of anilines is 1. The summed E-state index contributed by atoms with van der Waals surface area (Å²) in [6.07, 6.45) is -3.37. The number of rotatable bonds is 3. The SMILES string of the molecule is CN(C)C1CCN(Cc2ccc(N)cc2C(F)(F)F)C1. The van der Waals surface area contributed by atoms with E-state index in [9.17, 15) is 13.2 Å². The van der Waals surface area contributed by atoms with Crippen LogP contribution in [0.4, 0.5) is 18.9 Å². The maximum absolute atomic E-state index is 13.0. The smallest absolute Gasteiger partial charge is 0.399 e. The summed E-state index contributed by atoms with van der Waals surface area (Å²) >= 11 is 0. The first kappa shape index (κ1) is 15.1. The standard InChI is InChI=1S/C14H20F3N3/c1-19(2)12-5-6-20(9-12)8-10-3-4-11(18)7-13(10)14(15,16)17/h3-4,7,12H,5-6,8-9,18H2,1-2H3. The lowest BCUT2D eigenvalue weighted by Gasteiger charge is -2.22. The van der Waals surface area contributed by atoms with Crippen LogP contribution in [0.1, 0.15) is 17.5 Å². The molecule has 3 nitrogen and oxygen atoms in total. The highest BCUT2D eigenvalue weighted by atomic mass is 19.4. The average molecular weight is 287 g/mol. The van der Waals surface area contributed by atoms with Crippen LogP contribution in [0, 0.1) is 0 Å². The molecular weight excluding hydrogens is 267 g/mol. The van der Waals surface area contributed by atoms with Gasteiger partial charge in [-0.3, -0.25) is 4.90 Å². The van der Waals surface area contributed by atoms with E-state index in [1.54, 1.807) is 0 Å². The van der Waals surface area contributed by atoms with Gasteiger partial charge in [0.2, 0.25) is 0 Å². The molecule has 2 rings (SSSR count). The maximum atomic E-state index is 13.0. The van der Waals surface area contributed by atoms with Crippen molar-refractivity contribution >= 4 is 5.69 Å². The van der Waals surface area contributed by atoms with Crippen molar-refractivity contribution in [3.63, 3.8) is 0 Å². The van der Waals surface area contributed by atoms with E-state index in [0.717, 1.165) is 25.6 Å². The van der Waals surface area contributed by atoms with Gasteiger partial charge in [-0.15, -0.1) is 0 Å². The predicted molar refractivity (Wildman–Crippen MR) is 73.2 cm³/mol. The van der Waals surface area contributed by atoms with E-state index >= 15 is 0 Å². The van der Waals surface area contributed by atoms with Gasteiger partial charge in [0.15, 0.2) is 0 Å². The topological polar surface area (TPSA) is 32.5 Å². The van der Waals surface area contributed by atoms with Crippen molar-refractivity contribution in [2.45, 2.75) is 25.2 Å². The van der Waals surface area contributed by atoms with Gasteiger partial charge >= 0.3 is 6.18 Å². The predicted octanol–water partition coefficient (Wildman–Crippen LogP) is 2.42. The number of nitrogen functional groups attached to an aromatic ring is 1. The molecule has 6 heteroatoms. The number of halogens is 3. The Morgan fingerprint density at radius 2 is 2.05 bits per heavy atom. The fraction of sp³-hybridized carbons (Fsp3) is 0.571. The van der Waals surface area contributed by atoms with E-state index < -0.39 is 11.7 Å². The number of likely N-dealkylation sites (N-methyl/N-ethyl adjacent to an activating group) is 1. The van der Waals surface area contributed by atoms with Crippen molar-refractivity contribution in [3.8, 4) is 0 Å². The normalized spacial score (nSPS) is 20.8. The van der Waals surface area contributed by atoms with Crippen molar-refractivity contribution in [1.82, 2.24) is 9.80 Å². The molecule has 1 aromatic carbocycles. The molecule has 0 bridgehead atoms. The van der Waals surface area contributed by atoms with Crippen molar-refractivity contribution in [3.05, 3.63) is 29.3 Å². The van der Waals surface area contributed by atoms with Crippen LogP contribution in [0.15, 0.2) is 18.2 Å². The quantitative estimate of drug-likeness (QED) is 0.867. The van der Waals surface area contributed by atoms with Gasteiger partial charge < -0.3 is 10.6 Å². The zero-order chi connectivity index (χ0) is 14.9. The number of hydrogen-bond acceptors (Lipinski definition) is 3. The minimum Gasteiger partial charge on any atom is -0.399 e. The molecule has 0 spiro atoms. The lowest BCUT2D eigenvalue weighted by atomic mass is 10.1. The largest absolute Gasteiger partial charge is 0.416 e. The second kappa shape index (κ2) is 5.61. The first-order chi connectivity index (χ1) is 9.27. The van der Waals surface area contributed by atoms with E-state index in [1.165, 1.54) is 12.1 Å². The van der Waals surface area contributed by atoms with Crippen LogP contribution in [0.5, 0.6) is 0 Å². The number of hydrogen-bond donors (Lipinski definition) is 1. The molecule has 0 aliphatic carbocycles. The Kier molecular flexibility index (Phi) is 4.25. The Morgan fingerprint density at radius 1 is 1.35 bits per heavy atom. The molecular formula is C14H20F3N3. The Labute approximate surface area is 117 Å². The summed E-state index contributed by atoms with van der Waals surface area (Å²) in [6.45, 7) is 1.94. The first-order valence-electron chi connectivity index (χ1n) is 6.62. The van der Waals surface area contributed by atoms with E-state index in [1.807, 2.05) is 14.1 Å². The molecule has 1 saturated heterocycles. The van der Waals surface area contributed by atoms with Gasteiger partial charge in [-0.1, -0.05) is 6.07 Å². The highest BCUT2D eigenvalue weighted by Gasteiger charge is 2.34. The number of likely N-dealkylation sites (tertiary alicyclic amines) is 1. The summed E-state index contributed by atoms with van der Waals surface area (Å²) < 4.78 is 39.1. The Balaban J connectivity index is 2.14. The fourth-order valence-corrected chi connectivity index (χ4v) is 2.61. The molecule has 112 valence electrons. The molecule has 0 radical (unpaired) electrons. The van der Waals surface area contributed by atoms with Gasteiger partial charge in [0.25, 0.3) is 0 Å². The number of benzene rings is 1. The Bertz CT molecular complexity index is 471. The molecule has 0 amide bonds. The van der Waals surface area contributed by atoms with E-state index in [0.29, 0.717) is 18.2 Å². The second-order valence-electron chi connectivity index (χ2n) is 5.56. The molecule has 20 heavy (non-hydrogen) atoms.